The number of nitrogens with one attached hydrogen (secondary N) is 1. The van der Waals surface area contributed by atoms with E-state index < -0.39 is 5.91 Å². The standard InChI is InChI=1S/C14H11ClN4O2/c1-7-5-11(21-19-7)14(20)18-10-6-17-9-4-2-3-8(15)12(9)13(10)16/h2-6H,1H3,(H2,16,17)(H,18,20). The highest BCUT2D eigenvalue weighted by Crippen LogP contribution is 2.32. The van der Waals surface area contributed by atoms with Gasteiger partial charge in [0.2, 0.25) is 5.76 Å². The molecule has 3 rings (SSSR count). The summed E-state index contributed by atoms with van der Waals surface area (Å²) in [5.74, 6) is -0.346. The summed E-state index contributed by atoms with van der Waals surface area (Å²) in [6, 6.07) is 6.83. The van der Waals surface area contributed by atoms with Crippen LogP contribution >= 0.6 is 11.6 Å². The van der Waals surface area contributed by atoms with E-state index in [0.717, 1.165) is 0 Å². The smallest absolute Gasteiger partial charge is 0.294 e. The fourth-order valence-electron chi connectivity index (χ4n) is 1.98. The number of halogens is 1. The van der Waals surface area contributed by atoms with Gasteiger partial charge >= 0.3 is 0 Å². The summed E-state index contributed by atoms with van der Waals surface area (Å²) in [6.07, 6.45) is 1.48. The SMILES string of the molecule is Cc1cc(C(=O)Nc2cnc3cccc(Cl)c3c2N)on1. The van der Waals surface area contributed by atoms with Gasteiger partial charge in [0, 0.05) is 11.5 Å². The summed E-state index contributed by atoms with van der Waals surface area (Å²) in [7, 11) is 0. The van der Waals surface area contributed by atoms with Gasteiger partial charge in [0.1, 0.15) is 0 Å². The van der Waals surface area contributed by atoms with Gasteiger partial charge in [-0.15, -0.1) is 0 Å². The van der Waals surface area contributed by atoms with Crippen molar-refractivity contribution < 1.29 is 9.32 Å². The normalized spacial score (nSPS) is 10.8. The lowest BCUT2D eigenvalue weighted by atomic mass is 10.1. The van der Waals surface area contributed by atoms with Crippen LogP contribution in [-0.2, 0) is 0 Å². The number of aryl methyl sites for hydroxylation is 1. The number of anilines is 2. The summed E-state index contributed by atoms with van der Waals surface area (Å²) in [6.45, 7) is 1.73. The van der Waals surface area contributed by atoms with E-state index in [1.807, 2.05) is 0 Å². The number of nitrogen functional groups attached to an aromatic ring is 1. The molecule has 3 N–H and O–H groups in total. The van der Waals surface area contributed by atoms with Gasteiger partial charge in [-0.3, -0.25) is 9.78 Å². The van der Waals surface area contributed by atoms with Crippen LogP contribution in [0.1, 0.15) is 16.2 Å². The number of hydrogen-bond donors (Lipinski definition) is 2. The monoisotopic (exact) mass is 302 g/mol. The van der Waals surface area contributed by atoms with Crippen LogP contribution in [0, 0.1) is 6.92 Å². The zero-order chi connectivity index (χ0) is 15.0. The number of pyridine rings is 1. The summed E-state index contributed by atoms with van der Waals surface area (Å²) >= 11 is 6.13. The molecule has 21 heavy (non-hydrogen) atoms. The number of aromatic nitrogens is 2. The molecule has 2 aromatic heterocycles. The van der Waals surface area contributed by atoms with E-state index in [4.69, 9.17) is 21.9 Å². The minimum absolute atomic E-state index is 0.103. The van der Waals surface area contributed by atoms with Gasteiger partial charge in [-0.2, -0.15) is 0 Å². The maximum absolute atomic E-state index is 12.0. The molecule has 3 aromatic rings. The van der Waals surface area contributed by atoms with Crippen molar-refractivity contribution in [2.75, 3.05) is 11.1 Å². The van der Waals surface area contributed by atoms with E-state index in [1.54, 1.807) is 25.1 Å². The number of rotatable bonds is 2. The molecule has 0 aliphatic carbocycles. The van der Waals surface area contributed by atoms with Crippen LogP contribution in [0.25, 0.3) is 10.9 Å². The molecule has 0 radical (unpaired) electrons. The molecule has 2 heterocycles. The number of carbonyl (C=O) groups is 1. The van der Waals surface area contributed by atoms with Gasteiger partial charge in [-0.1, -0.05) is 22.8 Å². The third-order valence-electron chi connectivity index (χ3n) is 2.98. The second-order valence-corrected chi connectivity index (χ2v) is 4.91. The van der Waals surface area contributed by atoms with Crippen LogP contribution < -0.4 is 11.1 Å². The third-order valence-corrected chi connectivity index (χ3v) is 3.30. The molecule has 0 unspecified atom stereocenters. The molecule has 0 bridgehead atoms. The van der Waals surface area contributed by atoms with Crippen molar-refractivity contribution in [1.82, 2.24) is 10.1 Å². The average Bonchev–Trinajstić information content (AvgIpc) is 2.89. The molecule has 0 aliphatic rings. The summed E-state index contributed by atoms with van der Waals surface area (Å²) in [5, 5.41) is 7.38. The fraction of sp³-hybridized carbons (Fsp3) is 0.0714. The van der Waals surface area contributed by atoms with Crippen molar-refractivity contribution >= 4 is 39.8 Å². The highest BCUT2D eigenvalue weighted by atomic mass is 35.5. The Bertz CT molecular complexity index is 844. The van der Waals surface area contributed by atoms with E-state index in [9.17, 15) is 4.79 Å². The van der Waals surface area contributed by atoms with E-state index >= 15 is 0 Å². The van der Waals surface area contributed by atoms with Crippen molar-refractivity contribution in [3.63, 3.8) is 0 Å². The number of fused-ring (bicyclic) bond motifs is 1. The zero-order valence-corrected chi connectivity index (χ0v) is 11.8. The average molecular weight is 303 g/mol. The first-order valence-corrected chi connectivity index (χ1v) is 6.51. The lowest BCUT2D eigenvalue weighted by Crippen LogP contribution is -2.13. The van der Waals surface area contributed by atoms with Gasteiger partial charge in [-0.25, -0.2) is 0 Å². The number of benzene rings is 1. The Labute approximate surface area is 124 Å². The van der Waals surface area contributed by atoms with Crippen LogP contribution in [0.15, 0.2) is 35.0 Å². The Morgan fingerprint density at radius 1 is 1.43 bits per heavy atom. The van der Waals surface area contributed by atoms with Crippen LogP contribution in [0.3, 0.4) is 0 Å². The van der Waals surface area contributed by atoms with Gasteiger partial charge in [0.25, 0.3) is 5.91 Å². The second-order valence-electron chi connectivity index (χ2n) is 4.51. The molecular weight excluding hydrogens is 292 g/mol. The molecule has 7 heteroatoms. The van der Waals surface area contributed by atoms with Crippen LogP contribution in [-0.4, -0.2) is 16.0 Å². The number of amides is 1. The third kappa shape index (κ3) is 2.41. The molecule has 0 saturated heterocycles. The lowest BCUT2D eigenvalue weighted by Gasteiger charge is -2.10. The highest BCUT2D eigenvalue weighted by Gasteiger charge is 2.15. The zero-order valence-electron chi connectivity index (χ0n) is 11.1. The summed E-state index contributed by atoms with van der Waals surface area (Å²) in [4.78, 5) is 16.3. The Hall–Kier alpha value is -2.60. The quantitative estimate of drug-likeness (QED) is 0.759. The fourth-order valence-corrected chi connectivity index (χ4v) is 2.25. The Morgan fingerprint density at radius 3 is 2.95 bits per heavy atom. The number of hydrogen-bond acceptors (Lipinski definition) is 5. The van der Waals surface area contributed by atoms with Gasteiger partial charge in [-0.05, 0) is 19.1 Å². The first kappa shape index (κ1) is 13.4. The van der Waals surface area contributed by atoms with Crippen molar-refractivity contribution in [1.29, 1.82) is 0 Å². The Kier molecular flexibility index (Phi) is 3.23. The summed E-state index contributed by atoms with van der Waals surface area (Å²) < 4.78 is 4.90. The largest absolute Gasteiger partial charge is 0.396 e. The predicted octanol–water partition coefficient (Wildman–Crippen LogP) is 3.02. The molecule has 1 aromatic carbocycles. The first-order valence-electron chi connectivity index (χ1n) is 6.13. The van der Waals surface area contributed by atoms with E-state index in [1.165, 1.54) is 12.3 Å². The van der Waals surface area contributed by atoms with Gasteiger partial charge in [0.15, 0.2) is 0 Å². The minimum atomic E-state index is -0.449. The predicted molar refractivity (Wildman–Crippen MR) is 80.4 cm³/mol. The van der Waals surface area contributed by atoms with Crippen LogP contribution in [0.2, 0.25) is 5.02 Å². The summed E-state index contributed by atoms with van der Waals surface area (Å²) in [5.41, 5.74) is 8.07. The van der Waals surface area contributed by atoms with Crippen molar-refractivity contribution in [3.8, 4) is 0 Å². The molecule has 0 saturated carbocycles. The number of carbonyl (C=O) groups excluding carboxylic acids is 1. The number of nitrogens with zero attached hydrogens (tertiary/aromatic N) is 2. The van der Waals surface area contributed by atoms with E-state index in [0.29, 0.717) is 33.0 Å². The van der Waals surface area contributed by atoms with Gasteiger partial charge < -0.3 is 15.6 Å². The lowest BCUT2D eigenvalue weighted by molar-refractivity contribution is 0.0988. The first-order chi connectivity index (χ1) is 10.1. The number of nitrogens with two attached hydrogens (primary N) is 1. The molecule has 0 atom stereocenters. The van der Waals surface area contributed by atoms with Crippen LogP contribution in [0.4, 0.5) is 11.4 Å². The molecule has 6 nitrogen and oxygen atoms in total. The topological polar surface area (TPSA) is 94.0 Å². The molecule has 0 aliphatic heterocycles. The van der Waals surface area contributed by atoms with Crippen molar-refractivity contribution in [2.24, 2.45) is 0 Å². The molecule has 1 amide bonds. The minimum Gasteiger partial charge on any atom is -0.396 e. The molecule has 0 fully saturated rings. The van der Waals surface area contributed by atoms with Gasteiger partial charge in [0.05, 0.1) is 33.8 Å². The molecular formula is C14H11ClN4O2. The van der Waals surface area contributed by atoms with E-state index in [-0.39, 0.29) is 5.76 Å². The Morgan fingerprint density at radius 2 is 2.24 bits per heavy atom. The van der Waals surface area contributed by atoms with E-state index in [2.05, 4.69) is 15.5 Å². The highest BCUT2D eigenvalue weighted by molar-refractivity contribution is 6.36. The maximum Gasteiger partial charge on any atom is 0.294 e. The Balaban J connectivity index is 2.00. The second kappa shape index (κ2) is 5.06. The van der Waals surface area contributed by atoms with Crippen molar-refractivity contribution in [3.05, 3.63) is 46.9 Å². The van der Waals surface area contributed by atoms with Crippen molar-refractivity contribution in [2.45, 2.75) is 6.92 Å². The molecule has 0 spiro atoms. The maximum atomic E-state index is 12.0. The molecule has 106 valence electrons. The van der Waals surface area contributed by atoms with Crippen LogP contribution in [0.5, 0.6) is 0 Å².